The molecule has 1 atom stereocenters. The number of hydrogen-bond donors (Lipinski definition) is 1. The second-order valence-electron chi connectivity index (χ2n) is 6.20. The normalized spacial score (nSPS) is 13.7. The van der Waals surface area contributed by atoms with Crippen LogP contribution < -0.4 is 15.0 Å². The number of benzene rings is 2. The van der Waals surface area contributed by atoms with E-state index in [1.165, 1.54) is 23.1 Å². The number of nitriles is 1. The van der Waals surface area contributed by atoms with E-state index in [9.17, 15) is 19.7 Å². The Hall–Kier alpha value is -3.93. The molecule has 2 amide bonds. The van der Waals surface area contributed by atoms with Gasteiger partial charge in [0.1, 0.15) is 12.3 Å². The van der Waals surface area contributed by atoms with Crippen LogP contribution in [-0.2, 0) is 9.59 Å². The molecule has 1 heterocycles. The number of nitro groups is 1. The molecule has 0 saturated heterocycles. The van der Waals surface area contributed by atoms with E-state index in [0.29, 0.717) is 11.3 Å². The summed E-state index contributed by atoms with van der Waals surface area (Å²) in [5.74, 6) is -0.586. The van der Waals surface area contributed by atoms with Crippen LogP contribution in [0.1, 0.15) is 24.1 Å². The Kier molecular flexibility index (Phi) is 5.22. The van der Waals surface area contributed by atoms with Crippen molar-refractivity contribution < 1.29 is 19.2 Å². The van der Waals surface area contributed by atoms with E-state index in [0.717, 1.165) is 5.56 Å². The molecule has 0 radical (unpaired) electrons. The molecular formula is C19H16N4O5. The molecule has 9 heteroatoms. The van der Waals surface area contributed by atoms with E-state index in [-0.39, 0.29) is 30.6 Å². The number of rotatable bonds is 5. The number of nitrogens with zero attached hydrogens (tertiary/aromatic N) is 3. The number of hydrogen-bond acceptors (Lipinski definition) is 6. The lowest BCUT2D eigenvalue weighted by Crippen LogP contribution is -2.45. The van der Waals surface area contributed by atoms with Gasteiger partial charge in [-0.1, -0.05) is 12.1 Å². The Morgan fingerprint density at radius 1 is 1.36 bits per heavy atom. The van der Waals surface area contributed by atoms with Crippen LogP contribution in [0.4, 0.5) is 11.4 Å². The average Bonchev–Trinajstić information content (AvgIpc) is 2.69. The van der Waals surface area contributed by atoms with Crippen molar-refractivity contribution in [2.75, 3.05) is 18.1 Å². The van der Waals surface area contributed by atoms with E-state index in [2.05, 4.69) is 5.32 Å². The molecule has 1 aliphatic rings. The molecule has 28 heavy (non-hydrogen) atoms. The minimum atomic E-state index is -0.579. The smallest absolute Gasteiger partial charge is 0.271 e. The van der Waals surface area contributed by atoms with Gasteiger partial charge < -0.3 is 10.1 Å². The number of carbonyl (C=O) groups is 2. The molecule has 142 valence electrons. The van der Waals surface area contributed by atoms with Gasteiger partial charge in [-0.25, -0.2) is 0 Å². The van der Waals surface area contributed by atoms with Gasteiger partial charge in [-0.05, 0) is 30.7 Å². The second-order valence-corrected chi connectivity index (χ2v) is 6.20. The fraction of sp³-hybridized carbons (Fsp3) is 0.211. The molecular weight excluding hydrogens is 364 g/mol. The van der Waals surface area contributed by atoms with Crippen molar-refractivity contribution in [2.45, 2.75) is 13.0 Å². The van der Waals surface area contributed by atoms with E-state index in [1.807, 2.05) is 6.07 Å². The van der Waals surface area contributed by atoms with Gasteiger partial charge in [-0.2, -0.15) is 5.26 Å². The van der Waals surface area contributed by atoms with Gasteiger partial charge in [-0.3, -0.25) is 24.6 Å². The number of carbonyl (C=O) groups excluding carboxylic acids is 2. The van der Waals surface area contributed by atoms with E-state index in [1.54, 1.807) is 31.2 Å². The van der Waals surface area contributed by atoms with Gasteiger partial charge in [0.2, 0.25) is 5.91 Å². The number of amides is 2. The molecule has 1 N–H and O–H groups in total. The van der Waals surface area contributed by atoms with Crippen molar-refractivity contribution in [3.63, 3.8) is 0 Å². The molecule has 0 fully saturated rings. The maximum Gasteiger partial charge on any atom is 0.271 e. The number of ether oxygens (including phenoxy) is 1. The molecule has 3 rings (SSSR count). The zero-order valence-electron chi connectivity index (χ0n) is 14.9. The summed E-state index contributed by atoms with van der Waals surface area (Å²) >= 11 is 0. The first-order chi connectivity index (χ1) is 13.4. The maximum atomic E-state index is 12.5. The molecule has 0 spiro atoms. The van der Waals surface area contributed by atoms with Crippen LogP contribution in [0, 0.1) is 21.4 Å². The lowest BCUT2D eigenvalue weighted by atomic mass is 10.1. The van der Waals surface area contributed by atoms with Crippen LogP contribution in [-0.4, -0.2) is 29.9 Å². The van der Waals surface area contributed by atoms with Crippen molar-refractivity contribution >= 4 is 23.2 Å². The standard InChI is InChI=1S/C19H16N4O5/c1-12(14-4-2-13(9-20)3-5-14)21-18(24)10-22-16-8-15(23(26)27)6-7-17(16)28-11-19(22)25/h2-8,12H,10-11H2,1H3,(H,21,24). The largest absolute Gasteiger partial charge is 0.482 e. The molecule has 0 aliphatic carbocycles. The van der Waals surface area contributed by atoms with Crippen LogP contribution >= 0.6 is 0 Å². The first kappa shape index (κ1) is 18.8. The first-order valence-corrected chi connectivity index (χ1v) is 8.40. The third-order valence-corrected chi connectivity index (χ3v) is 4.32. The van der Waals surface area contributed by atoms with Gasteiger partial charge in [0.05, 0.1) is 28.3 Å². The summed E-state index contributed by atoms with van der Waals surface area (Å²) in [7, 11) is 0. The molecule has 0 aromatic heterocycles. The second kappa shape index (κ2) is 7.75. The fourth-order valence-corrected chi connectivity index (χ4v) is 2.84. The predicted octanol–water partition coefficient (Wildman–Crippen LogP) is 2.07. The Balaban J connectivity index is 1.74. The zero-order valence-corrected chi connectivity index (χ0v) is 14.9. The summed E-state index contributed by atoms with van der Waals surface area (Å²) in [4.78, 5) is 36.3. The lowest BCUT2D eigenvalue weighted by Gasteiger charge is -2.29. The van der Waals surface area contributed by atoms with Crippen LogP contribution in [0.25, 0.3) is 0 Å². The van der Waals surface area contributed by atoms with Gasteiger partial charge in [-0.15, -0.1) is 0 Å². The SMILES string of the molecule is CC(NC(=O)CN1C(=O)COc2ccc([N+](=O)[O-])cc21)c1ccc(C#N)cc1. The highest BCUT2D eigenvalue weighted by atomic mass is 16.6. The molecule has 1 aliphatic heterocycles. The van der Waals surface area contributed by atoms with E-state index < -0.39 is 16.7 Å². The third-order valence-electron chi connectivity index (χ3n) is 4.32. The minimum Gasteiger partial charge on any atom is -0.482 e. The Morgan fingerprint density at radius 2 is 2.07 bits per heavy atom. The van der Waals surface area contributed by atoms with Crippen molar-refractivity contribution in [1.82, 2.24) is 5.32 Å². The zero-order chi connectivity index (χ0) is 20.3. The summed E-state index contributed by atoms with van der Waals surface area (Å²) in [6.07, 6.45) is 0. The highest BCUT2D eigenvalue weighted by Gasteiger charge is 2.29. The number of nitrogens with one attached hydrogen (secondary N) is 1. The summed E-state index contributed by atoms with van der Waals surface area (Å²) < 4.78 is 5.28. The summed E-state index contributed by atoms with van der Waals surface area (Å²) in [6, 6.07) is 12.4. The minimum absolute atomic E-state index is 0.187. The highest BCUT2D eigenvalue weighted by Crippen LogP contribution is 2.35. The lowest BCUT2D eigenvalue weighted by molar-refractivity contribution is -0.384. The third kappa shape index (κ3) is 3.91. The maximum absolute atomic E-state index is 12.5. The average molecular weight is 380 g/mol. The summed E-state index contributed by atoms with van der Waals surface area (Å²) in [6.45, 7) is 1.24. The Labute approximate surface area is 160 Å². The fourth-order valence-electron chi connectivity index (χ4n) is 2.84. The highest BCUT2D eigenvalue weighted by molar-refractivity contribution is 6.02. The van der Waals surface area contributed by atoms with Crippen LogP contribution in [0.2, 0.25) is 0 Å². The monoisotopic (exact) mass is 380 g/mol. The Bertz CT molecular complexity index is 981. The number of nitro benzene ring substituents is 1. The van der Waals surface area contributed by atoms with Crippen LogP contribution in [0.5, 0.6) is 5.75 Å². The van der Waals surface area contributed by atoms with Gasteiger partial charge in [0.25, 0.3) is 11.6 Å². The Morgan fingerprint density at radius 3 is 2.71 bits per heavy atom. The van der Waals surface area contributed by atoms with Crippen molar-refractivity contribution in [3.8, 4) is 11.8 Å². The van der Waals surface area contributed by atoms with E-state index in [4.69, 9.17) is 10.00 Å². The van der Waals surface area contributed by atoms with Gasteiger partial charge in [0, 0.05) is 12.1 Å². The quantitative estimate of drug-likeness (QED) is 0.625. The predicted molar refractivity (Wildman–Crippen MR) is 98.7 cm³/mol. The van der Waals surface area contributed by atoms with Gasteiger partial charge >= 0.3 is 0 Å². The van der Waals surface area contributed by atoms with Crippen molar-refractivity contribution in [1.29, 1.82) is 5.26 Å². The van der Waals surface area contributed by atoms with Crippen molar-refractivity contribution in [3.05, 3.63) is 63.7 Å². The number of anilines is 1. The summed E-state index contributed by atoms with van der Waals surface area (Å²) in [5.41, 5.74) is 1.30. The number of fused-ring (bicyclic) bond motifs is 1. The molecule has 0 saturated carbocycles. The molecule has 0 bridgehead atoms. The van der Waals surface area contributed by atoms with Crippen molar-refractivity contribution in [2.24, 2.45) is 0 Å². The molecule has 1 unspecified atom stereocenters. The van der Waals surface area contributed by atoms with Crippen LogP contribution in [0.15, 0.2) is 42.5 Å². The van der Waals surface area contributed by atoms with Crippen LogP contribution in [0.3, 0.4) is 0 Å². The molecule has 2 aromatic rings. The molecule has 9 nitrogen and oxygen atoms in total. The number of non-ortho nitro benzene ring substituents is 1. The first-order valence-electron chi connectivity index (χ1n) is 8.40. The summed E-state index contributed by atoms with van der Waals surface area (Å²) in [5, 5.41) is 22.6. The molecule has 2 aromatic carbocycles. The topological polar surface area (TPSA) is 126 Å². The van der Waals surface area contributed by atoms with Gasteiger partial charge in [0.15, 0.2) is 6.61 Å². The van der Waals surface area contributed by atoms with E-state index >= 15 is 0 Å².